The Kier molecular flexibility index (Phi) is 11.9. The molecule has 1 aromatic heterocycles. The van der Waals surface area contributed by atoms with E-state index in [1.54, 1.807) is 26.0 Å². The first-order valence-corrected chi connectivity index (χ1v) is 13.1. The van der Waals surface area contributed by atoms with E-state index in [0.29, 0.717) is 18.5 Å². The lowest BCUT2D eigenvalue weighted by molar-refractivity contribution is -0.144. The number of imidazole rings is 1. The molecule has 0 saturated carbocycles. The Hall–Kier alpha value is -3.93. The van der Waals surface area contributed by atoms with Crippen LogP contribution < -0.4 is 21.7 Å². The molecule has 2 rings (SSSR count). The predicted molar refractivity (Wildman–Crippen MR) is 144 cm³/mol. The van der Waals surface area contributed by atoms with E-state index in [0.717, 1.165) is 5.56 Å². The van der Waals surface area contributed by atoms with Crippen LogP contribution in [0.3, 0.4) is 0 Å². The third kappa shape index (κ3) is 9.40. The second kappa shape index (κ2) is 14.9. The number of aromatic hydroxyl groups is 1. The number of aromatic amines is 1. The summed E-state index contributed by atoms with van der Waals surface area (Å²) in [6.07, 6.45) is 4.27. The molecule has 0 aliphatic heterocycles. The Balaban J connectivity index is 2.20. The highest BCUT2D eigenvalue weighted by molar-refractivity contribution is 5.94. The Labute approximate surface area is 228 Å². The number of amides is 3. The number of phenolic OH excluding ortho intramolecular Hbond substituents is 1. The number of nitrogens with zero attached hydrogens (tertiary/aromatic N) is 1. The minimum absolute atomic E-state index is 0.0585. The minimum Gasteiger partial charge on any atom is -0.508 e. The number of carboxylic acid groups (broad SMARTS) is 1. The Bertz CT molecular complexity index is 1090. The van der Waals surface area contributed by atoms with Crippen molar-refractivity contribution in [2.24, 2.45) is 17.6 Å². The molecular formula is C27H40N6O6. The number of carboxylic acids is 1. The van der Waals surface area contributed by atoms with Crippen LogP contribution >= 0.6 is 0 Å². The van der Waals surface area contributed by atoms with Crippen LogP contribution in [0.15, 0.2) is 36.8 Å². The number of rotatable bonds is 15. The first-order chi connectivity index (χ1) is 18.5. The maximum atomic E-state index is 13.4. The Morgan fingerprint density at radius 3 is 2.03 bits per heavy atom. The molecule has 6 atom stereocenters. The van der Waals surface area contributed by atoms with Gasteiger partial charge >= 0.3 is 5.97 Å². The van der Waals surface area contributed by atoms with E-state index >= 15 is 0 Å². The quantitative estimate of drug-likeness (QED) is 0.171. The summed E-state index contributed by atoms with van der Waals surface area (Å²) in [6.45, 7) is 7.19. The zero-order valence-corrected chi connectivity index (χ0v) is 22.8. The van der Waals surface area contributed by atoms with Crippen molar-refractivity contribution in [1.29, 1.82) is 0 Å². The first kappa shape index (κ1) is 31.3. The van der Waals surface area contributed by atoms with Crippen LogP contribution in [0, 0.1) is 11.8 Å². The van der Waals surface area contributed by atoms with Gasteiger partial charge in [0.25, 0.3) is 0 Å². The lowest BCUT2D eigenvalue weighted by Gasteiger charge is -2.29. The molecule has 0 aliphatic carbocycles. The van der Waals surface area contributed by atoms with E-state index in [4.69, 9.17) is 5.73 Å². The van der Waals surface area contributed by atoms with Gasteiger partial charge in [0.15, 0.2) is 0 Å². The predicted octanol–water partition coefficient (Wildman–Crippen LogP) is 0.859. The molecular weight excluding hydrogens is 504 g/mol. The maximum absolute atomic E-state index is 13.4. The Morgan fingerprint density at radius 1 is 0.897 bits per heavy atom. The third-order valence-corrected chi connectivity index (χ3v) is 6.91. The zero-order valence-electron chi connectivity index (χ0n) is 22.8. The number of hydrogen-bond acceptors (Lipinski definition) is 7. The standard InChI is InChI=1S/C27H40N6O6/c1-5-15(3)22(26(37)33-23(27(38)39)16(4)6-2)32-25(36)21(12-18-13-29-14-30-18)31-24(35)20(28)11-17-7-9-19(34)10-8-17/h7-10,13-16,20-23,34H,5-6,11-12,28H2,1-4H3,(H,29,30)(H,31,35)(H,32,36)(H,33,37)(H,38,39). The van der Waals surface area contributed by atoms with Crippen LogP contribution in [0.1, 0.15) is 51.8 Å². The number of H-pyrrole nitrogens is 1. The van der Waals surface area contributed by atoms with Crippen molar-refractivity contribution >= 4 is 23.7 Å². The molecule has 12 heteroatoms. The highest BCUT2D eigenvalue weighted by Gasteiger charge is 2.34. The van der Waals surface area contributed by atoms with Crippen LogP contribution in [0.5, 0.6) is 5.75 Å². The molecule has 0 radical (unpaired) electrons. The summed E-state index contributed by atoms with van der Waals surface area (Å²) >= 11 is 0. The summed E-state index contributed by atoms with van der Waals surface area (Å²) in [5.74, 6) is -3.50. The van der Waals surface area contributed by atoms with Crippen molar-refractivity contribution in [1.82, 2.24) is 25.9 Å². The van der Waals surface area contributed by atoms with Crippen molar-refractivity contribution in [3.63, 3.8) is 0 Å². The van der Waals surface area contributed by atoms with E-state index < -0.39 is 47.9 Å². The number of carbonyl (C=O) groups is 4. The molecule has 0 spiro atoms. The summed E-state index contributed by atoms with van der Waals surface area (Å²) in [7, 11) is 0. The van der Waals surface area contributed by atoms with Gasteiger partial charge in [-0.25, -0.2) is 9.78 Å². The summed E-state index contributed by atoms with van der Waals surface area (Å²) in [5, 5.41) is 27.0. The number of aromatic nitrogens is 2. The number of carbonyl (C=O) groups excluding carboxylic acids is 3. The largest absolute Gasteiger partial charge is 0.508 e. The van der Waals surface area contributed by atoms with Crippen LogP contribution in [0.2, 0.25) is 0 Å². The van der Waals surface area contributed by atoms with Gasteiger partial charge < -0.3 is 36.9 Å². The lowest BCUT2D eigenvalue weighted by atomic mass is 9.95. The van der Waals surface area contributed by atoms with Crippen molar-refractivity contribution in [3.8, 4) is 5.75 Å². The maximum Gasteiger partial charge on any atom is 0.326 e. The molecule has 8 N–H and O–H groups in total. The van der Waals surface area contributed by atoms with Gasteiger partial charge in [-0.05, 0) is 36.0 Å². The van der Waals surface area contributed by atoms with E-state index in [-0.39, 0.29) is 30.4 Å². The first-order valence-electron chi connectivity index (χ1n) is 13.1. The number of hydrogen-bond donors (Lipinski definition) is 7. The molecule has 0 aliphatic rings. The number of benzene rings is 1. The Morgan fingerprint density at radius 2 is 1.49 bits per heavy atom. The minimum atomic E-state index is -1.15. The van der Waals surface area contributed by atoms with E-state index in [1.807, 2.05) is 13.8 Å². The van der Waals surface area contributed by atoms with Gasteiger partial charge in [0, 0.05) is 18.3 Å². The van der Waals surface area contributed by atoms with Crippen molar-refractivity contribution in [2.45, 2.75) is 77.5 Å². The van der Waals surface area contributed by atoms with Crippen LogP contribution in [-0.2, 0) is 32.0 Å². The number of phenols is 1. The molecule has 39 heavy (non-hydrogen) atoms. The SMILES string of the molecule is CCC(C)C(NC(=O)C(NC(=O)C(Cc1cnc[nH]1)NC(=O)C(N)Cc1ccc(O)cc1)C(C)CC)C(=O)O. The molecule has 0 fully saturated rings. The topological polar surface area (TPSA) is 200 Å². The fraction of sp³-hybridized carbons (Fsp3) is 0.519. The molecule has 12 nitrogen and oxygen atoms in total. The smallest absolute Gasteiger partial charge is 0.326 e. The van der Waals surface area contributed by atoms with E-state index in [2.05, 4.69) is 25.9 Å². The van der Waals surface area contributed by atoms with Gasteiger partial charge in [-0.1, -0.05) is 52.7 Å². The fourth-order valence-corrected chi connectivity index (χ4v) is 3.96. The van der Waals surface area contributed by atoms with Crippen LogP contribution in [0.4, 0.5) is 0 Å². The second-order valence-electron chi connectivity index (χ2n) is 9.90. The second-order valence-corrected chi connectivity index (χ2v) is 9.90. The summed E-state index contributed by atoms with van der Waals surface area (Å²) < 4.78 is 0. The van der Waals surface area contributed by atoms with Crippen molar-refractivity contribution in [2.75, 3.05) is 0 Å². The van der Waals surface area contributed by atoms with Crippen molar-refractivity contribution < 1.29 is 29.4 Å². The number of aliphatic carboxylic acids is 1. The normalized spacial score (nSPS) is 15.7. The summed E-state index contributed by atoms with van der Waals surface area (Å²) in [4.78, 5) is 58.2. The van der Waals surface area contributed by atoms with Crippen molar-refractivity contribution in [3.05, 3.63) is 48.0 Å². The average molecular weight is 545 g/mol. The number of nitrogens with two attached hydrogens (primary N) is 1. The highest BCUT2D eigenvalue weighted by Crippen LogP contribution is 2.14. The van der Waals surface area contributed by atoms with Gasteiger partial charge in [0.1, 0.15) is 23.9 Å². The van der Waals surface area contributed by atoms with Crippen LogP contribution in [0.25, 0.3) is 0 Å². The van der Waals surface area contributed by atoms with Crippen LogP contribution in [-0.4, -0.2) is 68.0 Å². The molecule has 214 valence electrons. The molecule has 3 amide bonds. The molecule has 0 bridgehead atoms. The van der Waals surface area contributed by atoms with E-state index in [9.17, 15) is 29.4 Å². The van der Waals surface area contributed by atoms with E-state index in [1.165, 1.54) is 24.7 Å². The zero-order chi connectivity index (χ0) is 29.1. The number of nitrogens with one attached hydrogen (secondary N) is 4. The summed E-state index contributed by atoms with van der Waals surface area (Å²) in [6, 6.07) is 2.08. The van der Waals surface area contributed by atoms with Gasteiger partial charge in [0.05, 0.1) is 12.4 Å². The van der Waals surface area contributed by atoms with Gasteiger partial charge in [0.2, 0.25) is 17.7 Å². The molecule has 1 heterocycles. The van der Waals surface area contributed by atoms with Gasteiger partial charge in [-0.3, -0.25) is 14.4 Å². The molecule has 6 unspecified atom stereocenters. The molecule has 2 aromatic rings. The fourth-order valence-electron chi connectivity index (χ4n) is 3.96. The summed E-state index contributed by atoms with van der Waals surface area (Å²) in [5.41, 5.74) is 7.41. The molecule has 1 aromatic carbocycles. The highest BCUT2D eigenvalue weighted by atomic mass is 16.4. The lowest BCUT2D eigenvalue weighted by Crippen LogP contribution is -2.59. The molecule has 0 saturated heterocycles. The average Bonchev–Trinajstić information content (AvgIpc) is 3.43. The monoisotopic (exact) mass is 544 g/mol. The third-order valence-electron chi connectivity index (χ3n) is 6.91. The van der Waals surface area contributed by atoms with Gasteiger partial charge in [-0.15, -0.1) is 0 Å². The van der Waals surface area contributed by atoms with Gasteiger partial charge in [-0.2, -0.15) is 0 Å².